The maximum Gasteiger partial charge on any atom is 0.231 e. The molecule has 1 aliphatic rings. The lowest BCUT2D eigenvalue weighted by Crippen LogP contribution is -2.39. The van der Waals surface area contributed by atoms with E-state index in [1.807, 2.05) is 0 Å². The van der Waals surface area contributed by atoms with Gasteiger partial charge in [-0.25, -0.2) is 4.39 Å². The summed E-state index contributed by atoms with van der Waals surface area (Å²) in [6.45, 7) is 0. The van der Waals surface area contributed by atoms with Gasteiger partial charge in [0.25, 0.3) is 0 Å². The molecular weight excluding hydrogens is 255 g/mol. The fraction of sp³-hybridized carbons (Fsp3) is 0.462. The smallest absolute Gasteiger partial charge is 0.231 e. The van der Waals surface area contributed by atoms with Gasteiger partial charge < -0.3 is 10.6 Å². The number of rotatable bonds is 2. The second-order valence-corrected chi connectivity index (χ2v) is 4.57. The first kappa shape index (κ1) is 14.9. The molecule has 1 aliphatic carbocycles. The number of benzene rings is 1. The predicted molar refractivity (Wildman–Crippen MR) is 72.4 cm³/mol. The zero-order valence-electron chi connectivity index (χ0n) is 10.3. The second-order valence-electron chi connectivity index (χ2n) is 4.57. The van der Waals surface area contributed by atoms with E-state index in [4.69, 9.17) is 5.73 Å². The number of carbonyl (C=O) groups is 1. The first-order chi connectivity index (χ1) is 8.09. The molecule has 100 valence electrons. The molecule has 1 amide bonds. The van der Waals surface area contributed by atoms with Gasteiger partial charge in [-0.3, -0.25) is 4.79 Å². The van der Waals surface area contributed by atoms with E-state index in [1.165, 1.54) is 12.1 Å². The van der Waals surface area contributed by atoms with E-state index in [2.05, 4.69) is 0 Å². The molecule has 5 heteroatoms. The van der Waals surface area contributed by atoms with Crippen molar-refractivity contribution in [3.05, 3.63) is 30.1 Å². The first-order valence-corrected chi connectivity index (χ1v) is 5.88. The standard InChI is InChI=1S/C13H17FN2O.ClH/c1-16(10-7-5-9(14)6-8-10)13(17)11-3-2-4-12(11)15;/h5-8,11-12H,2-4,15H2,1H3;1H. The molecule has 2 unspecified atom stereocenters. The van der Waals surface area contributed by atoms with Crippen LogP contribution < -0.4 is 10.6 Å². The minimum atomic E-state index is -0.299. The van der Waals surface area contributed by atoms with Gasteiger partial charge in [0.05, 0.1) is 5.92 Å². The third-order valence-corrected chi connectivity index (χ3v) is 3.43. The summed E-state index contributed by atoms with van der Waals surface area (Å²) in [5.41, 5.74) is 6.62. The molecule has 0 saturated heterocycles. The lowest BCUT2D eigenvalue weighted by Gasteiger charge is -2.23. The highest BCUT2D eigenvalue weighted by molar-refractivity contribution is 5.95. The number of carbonyl (C=O) groups excluding carboxylic acids is 1. The minimum Gasteiger partial charge on any atom is -0.327 e. The van der Waals surface area contributed by atoms with Gasteiger partial charge in [-0.2, -0.15) is 0 Å². The fourth-order valence-electron chi connectivity index (χ4n) is 2.34. The predicted octanol–water partition coefficient (Wildman–Crippen LogP) is 2.34. The molecule has 0 aromatic heterocycles. The van der Waals surface area contributed by atoms with E-state index < -0.39 is 0 Å². The van der Waals surface area contributed by atoms with Gasteiger partial charge in [-0.15, -0.1) is 12.4 Å². The highest BCUT2D eigenvalue weighted by Gasteiger charge is 2.32. The normalized spacial score (nSPS) is 22.4. The summed E-state index contributed by atoms with van der Waals surface area (Å²) in [6.07, 6.45) is 2.77. The van der Waals surface area contributed by atoms with Gasteiger partial charge in [0.2, 0.25) is 5.91 Å². The van der Waals surface area contributed by atoms with Crippen molar-refractivity contribution < 1.29 is 9.18 Å². The number of nitrogens with zero attached hydrogens (tertiary/aromatic N) is 1. The molecule has 1 fully saturated rings. The van der Waals surface area contributed by atoms with Gasteiger partial charge in [-0.05, 0) is 37.1 Å². The van der Waals surface area contributed by atoms with E-state index in [9.17, 15) is 9.18 Å². The van der Waals surface area contributed by atoms with Crippen LogP contribution in [0.5, 0.6) is 0 Å². The molecule has 0 heterocycles. The molecule has 0 aliphatic heterocycles. The Balaban J connectivity index is 0.00000162. The summed E-state index contributed by atoms with van der Waals surface area (Å²) in [7, 11) is 1.71. The van der Waals surface area contributed by atoms with Crippen LogP contribution in [-0.2, 0) is 4.79 Å². The molecular formula is C13H18ClFN2O. The van der Waals surface area contributed by atoms with Crippen LogP contribution in [0.25, 0.3) is 0 Å². The largest absolute Gasteiger partial charge is 0.327 e. The lowest BCUT2D eigenvalue weighted by atomic mass is 10.0. The fourth-order valence-corrected chi connectivity index (χ4v) is 2.34. The van der Waals surface area contributed by atoms with E-state index in [-0.39, 0.29) is 36.1 Å². The Labute approximate surface area is 113 Å². The van der Waals surface area contributed by atoms with E-state index >= 15 is 0 Å². The Hall–Kier alpha value is -1.13. The Morgan fingerprint density at radius 2 is 1.94 bits per heavy atom. The maximum absolute atomic E-state index is 12.8. The van der Waals surface area contributed by atoms with Crippen molar-refractivity contribution >= 4 is 24.0 Å². The van der Waals surface area contributed by atoms with Crippen LogP contribution in [0.2, 0.25) is 0 Å². The van der Waals surface area contributed by atoms with E-state index in [0.717, 1.165) is 19.3 Å². The minimum absolute atomic E-state index is 0. The van der Waals surface area contributed by atoms with Crippen LogP contribution in [0.1, 0.15) is 19.3 Å². The van der Waals surface area contributed by atoms with Crippen molar-refractivity contribution in [3.63, 3.8) is 0 Å². The van der Waals surface area contributed by atoms with Crippen LogP contribution >= 0.6 is 12.4 Å². The molecule has 1 saturated carbocycles. The SMILES string of the molecule is CN(C(=O)C1CCCC1N)c1ccc(F)cc1.Cl. The molecule has 0 radical (unpaired) electrons. The van der Waals surface area contributed by atoms with Crippen LogP contribution in [0.4, 0.5) is 10.1 Å². The summed E-state index contributed by atoms with van der Waals surface area (Å²) < 4.78 is 12.8. The van der Waals surface area contributed by atoms with Gasteiger partial charge in [-0.1, -0.05) is 6.42 Å². The number of hydrogen-bond donors (Lipinski definition) is 1. The van der Waals surface area contributed by atoms with Crippen LogP contribution in [0.3, 0.4) is 0 Å². The van der Waals surface area contributed by atoms with E-state index in [0.29, 0.717) is 5.69 Å². The number of amides is 1. The average molecular weight is 273 g/mol. The third kappa shape index (κ3) is 3.00. The molecule has 1 aromatic carbocycles. The van der Waals surface area contributed by atoms with Crippen molar-refractivity contribution in [3.8, 4) is 0 Å². The lowest BCUT2D eigenvalue weighted by molar-refractivity contribution is -0.122. The molecule has 0 spiro atoms. The first-order valence-electron chi connectivity index (χ1n) is 5.88. The Bertz CT molecular complexity index is 410. The summed E-state index contributed by atoms with van der Waals surface area (Å²) in [6, 6.07) is 5.88. The van der Waals surface area contributed by atoms with Crippen molar-refractivity contribution in [1.29, 1.82) is 0 Å². The molecule has 2 rings (SSSR count). The summed E-state index contributed by atoms with van der Waals surface area (Å²) >= 11 is 0. The number of nitrogens with two attached hydrogens (primary N) is 1. The van der Waals surface area contributed by atoms with E-state index in [1.54, 1.807) is 24.1 Å². The van der Waals surface area contributed by atoms with Gasteiger partial charge in [0, 0.05) is 18.8 Å². The average Bonchev–Trinajstić information content (AvgIpc) is 2.74. The monoisotopic (exact) mass is 272 g/mol. The van der Waals surface area contributed by atoms with Crippen molar-refractivity contribution in [2.24, 2.45) is 11.7 Å². The molecule has 18 heavy (non-hydrogen) atoms. The Morgan fingerprint density at radius 1 is 1.33 bits per heavy atom. The molecule has 2 N–H and O–H groups in total. The van der Waals surface area contributed by atoms with Crippen LogP contribution in [0, 0.1) is 11.7 Å². The number of anilines is 1. The summed E-state index contributed by atoms with van der Waals surface area (Å²) in [5, 5.41) is 0. The Morgan fingerprint density at radius 3 is 2.44 bits per heavy atom. The van der Waals surface area contributed by atoms with Crippen LogP contribution in [-0.4, -0.2) is 19.0 Å². The highest BCUT2D eigenvalue weighted by Crippen LogP contribution is 2.27. The zero-order valence-corrected chi connectivity index (χ0v) is 11.1. The van der Waals surface area contributed by atoms with Crippen molar-refractivity contribution in [2.75, 3.05) is 11.9 Å². The molecule has 1 aromatic rings. The van der Waals surface area contributed by atoms with Crippen molar-refractivity contribution in [1.82, 2.24) is 0 Å². The molecule has 2 atom stereocenters. The topological polar surface area (TPSA) is 46.3 Å². The van der Waals surface area contributed by atoms with Crippen LogP contribution in [0.15, 0.2) is 24.3 Å². The number of halogens is 2. The second kappa shape index (κ2) is 6.16. The van der Waals surface area contributed by atoms with Crippen molar-refractivity contribution in [2.45, 2.75) is 25.3 Å². The quantitative estimate of drug-likeness (QED) is 0.898. The molecule has 0 bridgehead atoms. The van der Waals surface area contributed by atoms with Gasteiger partial charge in [0.1, 0.15) is 5.82 Å². The highest BCUT2D eigenvalue weighted by atomic mass is 35.5. The maximum atomic E-state index is 12.8. The summed E-state index contributed by atoms with van der Waals surface area (Å²) in [5.74, 6) is -0.362. The third-order valence-electron chi connectivity index (χ3n) is 3.43. The summed E-state index contributed by atoms with van der Waals surface area (Å²) in [4.78, 5) is 13.8. The van der Waals surface area contributed by atoms with Gasteiger partial charge >= 0.3 is 0 Å². The zero-order chi connectivity index (χ0) is 12.4. The van der Waals surface area contributed by atoms with Gasteiger partial charge in [0.15, 0.2) is 0 Å². The number of hydrogen-bond acceptors (Lipinski definition) is 2. The Kier molecular flexibility index (Phi) is 5.11. The molecule has 3 nitrogen and oxygen atoms in total.